The second-order valence-corrected chi connectivity index (χ2v) is 5.28. The Kier molecular flexibility index (Phi) is 4.11. The molecule has 1 heterocycles. The van der Waals surface area contributed by atoms with Gasteiger partial charge in [0.25, 0.3) is 5.69 Å². The fourth-order valence-corrected chi connectivity index (χ4v) is 2.58. The molecule has 6 heteroatoms. The van der Waals surface area contributed by atoms with E-state index >= 15 is 0 Å². The summed E-state index contributed by atoms with van der Waals surface area (Å²) in [6, 6.07) is 7.55. The van der Waals surface area contributed by atoms with Crippen LogP contribution in [0.4, 0.5) is 15.8 Å². The molecule has 1 N–H and O–H groups in total. The quantitative estimate of drug-likeness (QED) is 0.666. The molecule has 0 aliphatic rings. The summed E-state index contributed by atoms with van der Waals surface area (Å²) in [6.07, 6.45) is 0.982. The van der Waals surface area contributed by atoms with E-state index in [1.165, 1.54) is 17.0 Å². The third-order valence-electron chi connectivity index (χ3n) is 2.63. The van der Waals surface area contributed by atoms with Gasteiger partial charge in [0, 0.05) is 28.1 Å². The van der Waals surface area contributed by atoms with Crippen molar-refractivity contribution in [2.45, 2.75) is 19.9 Å². The van der Waals surface area contributed by atoms with Crippen LogP contribution < -0.4 is 5.32 Å². The maximum atomic E-state index is 13.2. The average Bonchev–Trinajstić information content (AvgIpc) is 2.83. The first-order valence-electron chi connectivity index (χ1n) is 5.85. The van der Waals surface area contributed by atoms with Gasteiger partial charge < -0.3 is 5.32 Å². The number of rotatable bonds is 5. The monoisotopic (exact) mass is 280 g/mol. The number of hydrogen-bond acceptors (Lipinski definition) is 4. The number of nitrogens with one attached hydrogen (secondary N) is 1. The Morgan fingerprint density at radius 2 is 2.05 bits per heavy atom. The van der Waals surface area contributed by atoms with E-state index in [1.54, 1.807) is 11.3 Å². The van der Waals surface area contributed by atoms with Crippen LogP contribution in [0.15, 0.2) is 30.3 Å². The fourth-order valence-electron chi connectivity index (χ4n) is 1.68. The first-order valence-corrected chi connectivity index (χ1v) is 6.66. The summed E-state index contributed by atoms with van der Waals surface area (Å²) in [7, 11) is 0. The van der Waals surface area contributed by atoms with Crippen LogP contribution in [0.3, 0.4) is 0 Å². The summed E-state index contributed by atoms with van der Waals surface area (Å²) in [5, 5.41) is 13.6. The molecule has 4 nitrogen and oxygen atoms in total. The van der Waals surface area contributed by atoms with Crippen molar-refractivity contribution in [1.82, 2.24) is 0 Å². The Labute approximate surface area is 114 Å². The highest BCUT2D eigenvalue weighted by Crippen LogP contribution is 2.22. The van der Waals surface area contributed by atoms with Crippen LogP contribution >= 0.6 is 11.3 Å². The van der Waals surface area contributed by atoms with Crippen LogP contribution in [-0.4, -0.2) is 4.92 Å². The highest BCUT2D eigenvalue weighted by molar-refractivity contribution is 7.12. The van der Waals surface area contributed by atoms with Crippen molar-refractivity contribution in [3.8, 4) is 0 Å². The largest absolute Gasteiger partial charge is 0.380 e. The van der Waals surface area contributed by atoms with Crippen LogP contribution in [0.25, 0.3) is 0 Å². The van der Waals surface area contributed by atoms with Gasteiger partial charge in [0.2, 0.25) is 0 Å². The normalized spacial score (nSPS) is 10.4. The Bertz CT molecular complexity index is 598. The minimum Gasteiger partial charge on any atom is -0.380 e. The van der Waals surface area contributed by atoms with Gasteiger partial charge in [-0.15, -0.1) is 11.3 Å². The topological polar surface area (TPSA) is 55.2 Å². The van der Waals surface area contributed by atoms with Gasteiger partial charge in [-0.3, -0.25) is 10.1 Å². The van der Waals surface area contributed by atoms with Crippen LogP contribution in [0, 0.1) is 15.9 Å². The molecule has 100 valence electrons. The van der Waals surface area contributed by atoms with Crippen molar-refractivity contribution in [3.05, 3.63) is 56.0 Å². The summed E-state index contributed by atoms with van der Waals surface area (Å²) in [5.41, 5.74) is 0.168. The molecule has 0 saturated heterocycles. The Hall–Kier alpha value is -1.95. The second kappa shape index (κ2) is 5.79. The lowest BCUT2D eigenvalue weighted by atomic mass is 10.2. The highest BCUT2D eigenvalue weighted by Gasteiger charge is 2.09. The zero-order valence-corrected chi connectivity index (χ0v) is 11.2. The molecule has 1 aromatic carbocycles. The van der Waals surface area contributed by atoms with E-state index in [-0.39, 0.29) is 5.69 Å². The zero-order valence-electron chi connectivity index (χ0n) is 10.4. The molecule has 19 heavy (non-hydrogen) atoms. The van der Waals surface area contributed by atoms with Crippen molar-refractivity contribution in [1.29, 1.82) is 0 Å². The molecule has 0 aliphatic carbocycles. The predicted molar refractivity (Wildman–Crippen MR) is 74.1 cm³/mol. The molecule has 0 bridgehead atoms. The summed E-state index contributed by atoms with van der Waals surface area (Å²) < 4.78 is 13.2. The van der Waals surface area contributed by atoms with Crippen LogP contribution in [0.1, 0.15) is 16.7 Å². The van der Waals surface area contributed by atoms with Gasteiger partial charge in [-0.25, -0.2) is 4.39 Å². The number of aryl methyl sites for hydroxylation is 1. The summed E-state index contributed by atoms with van der Waals surface area (Å²) in [5.74, 6) is -0.614. The van der Waals surface area contributed by atoms with Gasteiger partial charge >= 0.3 is 0 Å². The van der Waals surface area contributed by atoms with E-state index < -0.39 is 10.7 Å². The van der Waals surface area contributed by atoms with Crippen molar-refractivity contribution >= 4 is 22.7 Å². The molecule has 0 amide bonds. The van der Waals surface area contributed by atoms with Gasteiger partial charge in [0.05, 0.1) is 11.0 Å². The number of hydrogen-bond donors (Lipinski definition) is 1. The molecule has 2 aromatic rings. The molecular formula is C13H13FN2O2S. The first kappa shape index (κ1) is 13.5. The number of non-ortho nitro benzene ring substituents is 1. The fraction of sp³-hybridized carbons (Fsp3) is 0.231. The van der Waals surface area contributed by atoms with E-state index in [0.717, 1.165) is 17.4 Å². The van der Waals surface area contributed by atoms with E-state index in [2.05, 4.69) is 18.3 Å². The van der Waals surface area contributed by atoms with Crippen molar-refractivity contribution in [2.75, 3.05) is 5.32 Å². The number of benzene rings is 1. The number of nitro benzene ring substituents is 1. The summed E-state index contributed by atoms with van der Waals surface area (Å²) >= 11 is 1.68. The van der Waals surface area contributed by atoms with Crippen LogP contribution in [0.5, 0.6) is 0 Å². The lowest BCUT2D eigenvalue weighted by Gasteiger charge is -2.05. The third-order valence-corrected chi connectivity index (χ3v) is 3.86. The maximum absolute atomic E-state index is 13.2. The number of nitrogens with zero attached hydrogens (tertiary/aromatic N) is 1. The number of thiophene rings is 1. The average molecular weight is 280 g/mol. The highest BCUT2D eigenvalue weighted by atomic mass is 32.1. The van der Waals surface area contributed by atoms with E-state index in [9.17, 15) is 14.5 Å². The van der Waals surface area contributed by atoms with Gasteiger partial charge in [-0.05, 0) is 24.6 Å². The number of nitro groups is 1. The molecule has 2 rings (SSSR count). The van der Waals surface area contributed by atoms with E-state index in [1.807, 2.05) is 6.07 Å². The number of halogens is 1. The summed E-state index contributed by atoms with van der Waals surface area (Å²) in [6.45, 7) is 2.62. The van der Waals surface area contributed by atoms with Crippen molar-refractivity contribution in [3.63, 3.8) is 0 Å². The van der Waals surface area contributed by atoms with E-state index in [0.29, 0.717) is 12.2 Å². The van der Waals surface area contributed by atoms with Gasteiger partial charge in [-0.1, -0.05) is 6.92 Å². The lowest BCUT2D eigenvalue weighted by molar-refractivity contribution is -0.385. The standard InChI is InChI=1S/C13H13FN2O2S/c1-2-12-3-4-13(19-12)8-15-10-5-9(14)6-11(7-10)16(17)18/h3-7,15H,2,8H2,1H3. The Balaban J connectivity index is 2.08. The third kappa shape index (κ3) is 3.51. The first-order chi connectivity index (χ1) is 9.08. The molecule has 0 aliphatic heterocycles. The zero-order chi connectivity index (χ0) is 13.8. The lowest BCUT2D eigenvalue weighted by Crippen LogP contribution is -1.99. The molecule has 0 unspecified atom stereocenters. The minimum absolute atomic E-state index is 0.247. The van der Waals surface area contributed by atoms with Gasteiger partial charge in [0.15, 0.2) is 0 Å². The SMILES string of the molecule is CCc1ccc(CNc2cc(F)cc([N+](=O)[O-])c2)s1. The summed E-state index contributed by atoms with van der Waals surface area (Å²) in [4.78, 5) is 12.4. The maximum Gasteiger partial charge on any atom is 0.274 e. The minimum atomic E-state index is -0.614. The van der Waals surface area contributed by atoms with Crippen molar-refractivity contribution in [2.24, 2.45) is 0 Å². The molecule has 1 aromatic heterocycles. The second-order valence-electron chi connectivity index (χ2n) is 4.03. The van der Waals surface area contributed by atoms with Gasteiger partial charge in [-0.2, -0.15) is 0 Å². The van der Waals surface area contributed by atoms with Crippen molar-refractivity contribution < 1.29 is 9.31 Å². The van der Waals surface area contributed by atoms with E-state index in [4.69, 9.17) is 0 Å². The Morgan fingerprint density at radius 3 is 2.68 bits per heavy atom. The predicted octanol–water partition coefficient (Wildman–Crippen LogP) is 3.97. The Morgan fingerprint density at radius 1 is 1.32 bits per heavy atom. The van der Waals surface area contributed by atoms with Gasteiger partial charge in [0.1, 0.15) is 5.82 Å². The van der Waals surface area contributed by atoms with Crippen LogP contribution in [-0.2, 0) is 13.0 Å². The molecule has 0 spiro atoms. The molecule has 0 fully saturated rings. The molecule has 0 radical (unpaired) electrons. The molecule has 0 atom stereocenters. The molecular weight excluding hydrogens is 267 g/mol. The molecule has 0 saturated carbocycles. The van der Waals surface area contributed by atoms with Crippen LogP contribution in [0.2, 0.25) is 0 Å². The smallest absolute Gasteiger partial charge is 0.274 e. The number of anilines is 1.